The van der Waals surface area contributed by atoms with Crippen LogP contribution in [0.25, 0.3) is 21.7 Å². The summed E-state index contributed by atoms with van der Waals surface area (Å²) in [6.07, 6.45) is 5.18. The highest BCUT2D eigenvalue weighted by Crippen LogP contribution is 2.44. The van der Waals surface area contributed by atoms with E-state index in [4.69, 9.17) is 4.74 Å². The van der Waals surface area contributed by atoms with Crippen LogP contribution in [-0.4, -0.2) is 57.7 Å². The van der Waals surface area contributed by atoms with Gasteiger partial charge in [-0.3, -0.25) is 0 Å². The molecule has 0 spiro atoms. The molecule has 10 heteroatoms. The molecule has 1 aliphatic carbocycles. The minimum absolute atomic E-state index is 0.101. The molecule has 0 radical (unpaired) electrons. The number of piperidine rings is 1. The number of phenolic OH excluding ortho intramolecular Hbond substituents is 1. The molecule has 1 aromatic carbocycles. The first-order valence-electron chi connectivity index (χ1n) is 11.6. The van der Waals surface area contributed by atoms with E-state index in [0.717, 1.165) is 32.1 Å². The number of hydrogen-bond acceptors (Lipinski definition) is 8. The van der Waals surface area contributed by atoms with Gasteiger partial charge in [-0.1, -0.05) is 11.3 Å². The third-order valence-electron chi connectivity index (χ3n) is 7.06. The van der Waals surface area contributed by atoms with Crippen LogP contribution in [0.4, 0.5) is 13.9 Å². The van der Waals surface area contributed by atoms with Crippen molar-refractivity contribution in [3.63, 3.8) is 0 Å². The summed E-state index contributed by atoms with van der Waals surface area (Å²) in [6, 6.07) is 6.16. The van der Waals surface area contributed by atoms with Gasteiger partial charge in [0, 0.05) is 36.0 Å². The van der Waals surface area contributed by atoms with Crippen molar-refractivity contribution in [2.24, 2.45) is 0 Å². The Morgan fingerprint density at radius 1 is 1.15 bits per heavy atom. The zero-order valence-electron chi connectivity index (χ0n) is 18.6. The van der Waals surface area contributed by atoms with Gasteiger partial charge in [-0.15, -0.1) is 10.2 Å². The van der Waals surface area contributed by atoms with Gasteiger partial charge < -0.3 is 20.1 Å². The Hall–Kier alpha value is -2.85. The number of ether oxygens (including phenoxy) is 1. The molecular formula is C24H25F2N5O2S. The molecule has 2 saturated heterocycles. The van der Waals surface area contributed by atoms with E-state index in [1.807, 2.05) is 0 Å². The van der Waals surface area contributed by atoms with E-state index in [2.05, 4.69) is 25.4 Å². The fourth-order valence-corrected chi connectivity index (χ4v) is 6.24. The minimum Gasteiger partial charge on any atom is -0.507 e. The third-order valence-corrected chi connectivity index (χ3v) is 8.03. The van der Waals surface area contributed by atoms with Crippen molar-refractivity contribution >= 4 is 16.5 Å². The standard InChI is InChI=1S/C24H25F2N5O2S/c1-33-21-8-12(6-7-27-21)15-11-20(32)16(10-17(15)25)23-29-30-24(34-23)31(14-3-4-14)19-9-13-2-5-18(28-13)22(19)26/h6-8,10-11,13-14,18-19,22,28,32H,2-5,9H2,1H3. The van der Waals surface area contributed by atoms with E-state index >= 15 is 8.78 Å². The van der Waals surface area contributed by atoms with Gasteiger partial charge in [0.2, 0.25) is 11.0 Å². The first-order chi connectivity index (χ1) is 16.5. The van der Waals surface area contributed by atoms with E-state index < -0.39 is 12.0 Å². The fourth-order valence-electron chi connectivity index (χ4n) is 5.24. The van der Waals surface area contributed by atoms with Crippen LogP contribution in [0.5, 0.6) is 11.6 Å². The van der Waals surface area contributed by atoms with Crippen LogP contribution in [0.2, 0.25) is 0 Å². The van der Waals surface area contributed by atoms with Crippen molar-refractivity contribution in [3.05, 3.63) is 36.3 Å². The van der Waals surface area contributed by atoms with Gasteiger partial charge in [0.25, 0.3) is 0 Å². The number of hydrogen-bond donors (Lipinski definition) is 2. The van der Waals surface area contributed by atoms with E-state index in [-0.39, 0.29) is 35.0 Å². The van der Waals surface area contributed by atoms with Gasteiger partial charge in [0.15, 0.2) is 5.01 Å². The smallest absolute Gasteiger partial charge is 0.213 e. The number of nitrogens with one attached hydrogen (secondary N) is 1. The van der Waals surface area contributed by atoms with E-state index in [0.29, 0.717) is 27.6 Å². The lowest BCUT2D eigenvalue weighted by Gasteiger charge is -2.40. The van der Waals surface area contributed by atoms with Crippen LogP contribution in [-0.2, 0) is 0 Å². The summed E-state index contributed by atoms with van der Waals surface area (Å²) < 4.78 is 35.5. The lowest BCUT2D eigenvalue weighted by molar-refractivity contribution is 0.172. The average Bonchev–Trinajstić information content (AvgIpc) is 3.41. The number of aromatic nitrogens is 3. The first-order valence-corrected chi connectivity index (χ1v) is 12.4. The molecule has 0 amide bonds. The average molecular weight is 486 g/mol. The Kier molecular flexibility index (Phi) is 5.37. The molecule has 2 aromatic heterocycles. The summed E-state index contributed by atoms with van der Waals surface area (Å²) >= 11 is 1.27. The Morgan fingerprint density at radius 2 is 2.00 bits per heavy atom. The van der Waals surface area contributed by atoms with Crippen LogP contribution in [0.15, 0.2) is 30.5 Å². The molecule has 3 fully saturated rings. The second-order valence-corrected chi connectivity index (χ2v) is 10.2. The van der Waals surface area contributed by atoms with Gasteiger partial charge in [-0.05, 0) is 55.9 Å². The van der Waals surface area contributed by atoms with E-state index in [1.54, 1.807) is 12.1 Å². The topological polar surface area (TPSA) is 83.4 Å². The van der Waals surface area contributed by atoms with Gasteiger partial charge in [-0.2, -0.15) is 0 Å². The summed E-state index contributed by atoms with van der Waals surface area (Å²) in [7, 11) is 1.49. The third kappa shape index (κ3) is 3.78. The molecule has 3 aliphatic rings. The number of methoxy groups -OCH3 is 1. The van der Waals surface area contributed by atoms with Crippen LogP contribution in [0.3, 0.4) is 0 Å². The molecule has 7 nitrogen and oxygen atoms in total. The molecule has 2 bridgehead atoms. The lowest BCUT2D eigenvalue weighted by atomic mass is 9.96. The zero-order chi connectivity index (χ0) is 23.4. The molecule has 4 unspecified atom stereocenters. The van der Waals surface area contributed by atoms with Crippen LogP contribution < -0.4 is 15.0 Å². The van der Waals surface area contributed by atoms with Gasteiger partial charge in [0.1, 0.15) is 17.7 Å². The highest BCUT2D eigenvalue weighted by atomic mass is 32.1. The molecule has 3 aromatic rings. The quantitative estimate of drug-likeness (QED) is 0.538. The van der Waals surface area contributed by atoms with Crippen molar-refractivity contribution < 1.29 is 18.6 Å². The molecule has 6 rings (SSSR count). The summed E-state index contributed by atoms with van der Waals surface area (Å²) in [4.78, 5) is 6.14. The highest BCUT2D eigenvalue weighted by molar-refractivity contribution is 7.18. The highest BCUT2D eigenvalue weighted by Gasteiger charge is 2.48. The second-order valence-electron chi connectivity index (χ2n) is 9.26. The number of nitrogens with zero attached hydrogens (tertiary/aromatic N) is 4. The normalized spacial score (nSPS) is 26.0. The number of aromatic hydroxyl groups is 1. The first kappa shape index (κ1) is 21.7. The number of phenols is 1. The van der Waals surface area contributed by atoms with Crippen LogP contribution in [0.1, 0.15) is 32.1 Å². The van der Waals surface area contributed by atoms with Gasteiger partial charge in [-0.25, -0.2) is 13.8 Å². The van der Waals surface area contributed by atoms with Crippen molar-refractivity contribution in [1.82, 2.24) is 20.5 Å². The van der Waals surface area contributed by atoms with Crippen LogP contribution in [0, 0.1) is 5.82 Å². The fraction of sp³-hybridized carbons (Fsp3) is 0.458. The molecule has 34 heavy (non-hydrogen) atoms. The Balaban J connectivity index is 1.31. The van der Waals surface area contributed by atoms with Gasteiger partial charge >= 0.3 is 0 Å². The van der Waals surface area contributed by atoms with Crippen molar-refractivity contribution in [2.45, 2.75) is 62.4 Å². The summed E-state index contributed by atoms with van der Waals surface area (Å²) in [5, 5.41) is 23.8. The molecule has 2 aliphatic heterocycles. The number of alkyl halides is 1. The van der Waals surface area contributed by atoms with Crippen molar-refractivity contribution in [1.29, 1.82) is 0 Å². The summed E-state index contributed by atoms with van der Waals surface area (Å²) in [5.74, 6) is -0.251. The molecule has 2 N–H and O–H groups in total. The molecule has 4 heterocycles. The largest absolute Gasteiger partial charge is 0.507 e. The minimum atomic E-state index is -0.964. The molecule has 1 saturated carbocycles. The maximum atomic E-state index is 15.3. The van der Waals surface area contributed by atoms with E-state index in [9.17, 15) is 5.11 Å². The molecule has 178 valence electrons. The Bertz CT molecular complexity index is 1220. The molecular weight excluding hydrogens is 460 g/mol. The molecule has 4 atom stereocenters. The maximum Gasteiger partial charge on any atom is 0.213 e. The monoisotopic (exact) mass is 485 g/mol. The number of rotatable bonds is 6. The van der Waals surface area contributed by atoms with Crippen LogP contribution >= 0.6 is 11.3 Å². The SMILES string of the molecule is COc1cc(-c2cc(O)c(-c3nnc(N(C4CC4)C4CC5CCC(N5)C4F)s3)cc2F)ccn1. The Labute approximate surface area is 199 Å². The predicted octanol–water partition coefficient (Wildman–Crippen LogP) is 4.32. The number of pyridine rings is 1. The van der Waals surface area contributed by atoms with Crippen molar-refractivity contribution in [2.75, 3.05) is 12.0 Å². The van der Waals surface area contributed by atoms with Gasteiger partial charge in [0.05, 0.1) is 18.7 Å². The number of halogens is 2. The summed E-state index contributed by atoms with van der Waals surface area (Å²) in [5.41, 5.74) is 1.04. The number of benzene rings is 1. The van der Waals surface area contributed by atoms with E-state index in [1.165, 1.54) is 36.8 Å². The number of anilines is 1. The second kappa shape index (κ2) is 8.42. The summed E-state index contributed by atoms with van der Waals surface area (Å²) in [6.45, 7) is 0. The lowest BCUT2D eigenvalue weighted by Crippen LogP contribution is -2.57. The van der Waals surface area contributed by atoms with Crippen molar-refractivity contribution in [3.8, 4) is 33.3 Å². The predicted molar refractivity (Wildman–Crippen MR) is 125 cm³/mol. The Morgan fingerprint density at radius 3 is 2.79 bits per heavy atom. The zero-order valence-corrected chi connectivity index (χ0v) is 19.4. The number of fused-ring (bicyclic) bond motifs is 2. The maximum absolute atomic E-state index is 15.3.